The first-order chi connectivity index (χ1) is 10.7. The van der Waals surface area contributed by atoms with Crippen molar-refractivity contribution in [3.8, 4) is 10.7 Å². The second kappa shape index (κ2) is 6.48. The summed E-state index contributed by atoms with van der Waals surface area (Å²) in [4.78, 5) is 17.0. The first kappa shape index (κ1) is 14.4. The van der Waals surface area contributed by atoms with E-state index in [4.69, 9.17) is 4.52 Å². The summed E-state index contributed by atoms with van der Waals surface area (Å²) in [5.41, 5.74) is 0.409. The fraction of sp³-hybridized carbons (Fsp3) is 0.133. The predicted molar refractivity (Wildman–Crippen MR) is 80.0 cm³/mol. The molecule has 1 amide bonds. The number of carbonyl (C=O) groups excluding carboxylic acids is 1. The second-order valence-electron chi connectivity index (χ2n) is 4.50. The zero-order chi connectivity index (χ0) is 15.4. The van der Waals surface area contributed by atoms with Crippen LogP contribution in [-0.4, -0.2) is 22.6 Å². The third kappa shape index (κ3) is 3.37. The number of aromatic nitrogens is 2. The monoisotopic (exact) mass is 317 g/mol. The summed E-state index contributed by atoms with van der Waals surface area (Å²) in [6.07, 6.45) is 0.436. The average molecular weight is 317 g/mol. The standard InChI is InChI=1S/C15H12FN3O2S/c16-11-5-3-10(4-6-11)15(20)17-8-7-13-18-14(19-21-13)12-2-1-9-22-12/h1-6,9H,7-8H2,(H,17,20). The van der Waals surface area contributed by atoms with Crippen LogP contribution < -0.4 is 5.32 Å². The fourth-order valence-electron chi connectivity index (χ4n) is 1.85. The molecule has 5 nitrogen and oxygen atoms in total. The quantitative estimate of drug-likeness (QED) is 0.785. The van der Waals surface area contributed by atoms with Gasteiger partial charge in [0.15, 0.2) is 0 Å². The number of nitrogens with zero attached hydrogens (tertiary/aromatic N) is 2. The minimum absolute atomic E-state index is 0.266. The maximum atomic E-state index is 12.8. The molecule has 3 rings (SSSR count). The van der Waals surface area contributed by atoms with Crippen molar-refractivity contribution in [2.75, 3.05) is 6.54 Å². The molecule has 3 aromatic rings. The van der Waals surface area contributed by atoms with Crippen molar-refractivity contribution < 1.29 is 13.7 Å². The van der Waals surface area contributed by atoms with Gasteiger partial charge in [0, 0.05) is 18.5 Å². The van der Waals surface area contributed by atoms with E-state index in [1.54, 1.807) is 0 Å². The number of rotatable bonds is 5. The number of benzene rings is 1. The van der Waals surface area contributed by atoms with E-state index in [9.17, 15) is 9.18 Å². The van der Waals surface area contributed by atoms with E-state index < -0.39 is 0 Å². The summed E-state index contributed by atoms with van der Waals surface area (Å²) in [5, 5.41) is 8.56. The van der Waals surface area contributed by atoms with Gasteiger partial charge in [-0.3, -0.25) is 4.79 Å². The van der Waals surface area contributed by atoms with Crippen LogP contribution in [-0.2, 0) is 6.42 Å². The highest BCUT2D eigenvalue weighted by Crippen LogP contribution is 2.21. The molecule has 0 saturated heterocycles. The number of carbonyl (C=O) groups is 1. The number of thiophene rings is 1. The average Bonchev–Trinajstić information content (AvgIpc) is 3.19. The van der Waals surface area contributed by atoms with Crippen LogP contribution >= 0.6 is 11.3 Å². The van der Waals surface area contributed by atoms with E-state index in [2.05, 4.69) is 15.5 Å². The molecule has 2 heterocycles. The molecule has 2 aromatic heterocycles. The van der Waals surface area contributed by atoms with E-state index in [1.165, 1.54) is 35.6 Å². The summed E-state index contributed by atoms with van der Waals surface area (Å²) < 4.78 is 17.9. The summed E-state index contributed by atoms with van der Waals surface area (Å²) in [7, 11) is 0. The van der Waals surface area contributed by atoms with E-state index in [-0.39, 0.29) is 11.7 Å². The molecule has 0 saturated carbocycles. The first-order valence-electron chi connectivity index (χ1n) is 6.62. The molecular formula is C15H12FN3O2S. The predicted octanol–water partition coefficient (Wildman–Crippen LogP) is 2.91. The molecule has 0 bridgehead atoms. The van der Waals surface area contributed by atoms with Crippen molar-refractivity contribution in [1.82, 2.24) is 15.5 Å². The van der Waals surface area contributed by atoms with Crippen LogP contribution in [0.2, 0.25) is 0 Å². The van der Waals surface area contributed by atoms with Crippen LogP contribution in [0, 0.1) is 5.82 Å². The Hall–Kier alpha value is -2.54. The Morgan fingerprint density at radius 3 is 2.82 bits per heavy atom. The summed E-state index contributed by atoms with van der Waals surface area (Å²) in [5.74, 6) is 0.374. The molecule has 7 heteroatoms. The highest BCUT2D eigenvalue weighted by molar-refractivity contribution is 7.13. The fourth-order valence-corrected chi connectivity index (χ4v) is 2.50. The number of halogens is 1. The van der Waals surface area contributed by atoms with Gasteiger partial charge in [-0.15, -0.1) is 11.3 Å². The summed E-state index contributed by atoms with van der Waals surface area (Å²) in [6.45, 7) is 0.363. The molecule has 0 aliphatic heterocycles. The first-order valence-corrected chi connectivity index (χ1v) is 7.50. The van der Waals surface area contributed by atoms with Crippen molar-refractivity contribution in [2.45, 2.75) is 6.42 Å². The molecular weight excluding hydrogens is 305 g/mol. The molecule has 112 valence electrons. The molecule has 0 aliphatic rings. The zero-order valence-corrected chi connectivity index (χ0v) is 12.3. The van der Waals surface area contributed by atoms with Gasteiger partial charge in [-0.05, 0) is 35.7 Å². The van der Waals surface area contributed by atoms with Crippen LogP contribution in [0.25, 0.3) is 10.7 Å². The van der Waals surface area contributed by atoms with Gasteiger partial charge in [0.2, 0.25) is 11.7 Å². The van der Waals surface area contributed by atoms with Crippen molar-refractivity contribution in [2.24, 2.45) is 0 Å². The van der Waals surface area contributed by atoms with E-state index in [1.807, 2.05) is 17.5 Å². The van der Waals surface area contributed by atoms with Crippen molar-refractivity contribution in [3.63, 3.8) is 0 Å². The lowest BCUT2D eigenvalue weighted by Gasteiger charge is -2.03. The molecule has 1 aromatic carbocycles. The van der Waals surface area contributed by atoms with Crippen molar-refractivity contribution in [3.05, 3.63) is 59.0 Å². The molecule has 0 fully saturated rings. The molecule has 1 N–H and O–H groups in total. The Labute approximate surface area is 129 Å². The van der Waals surface area contributed by atoms with E-state index in [0.717, 1.165) is 4.88 Å². The van der Waals surface area contributed by atoms with Crippen LogP contribution in [0.3, 0.4) is 0 Å². The van der Waals surface area contributed by atoms with Gasteiger partial charge in [-0.25, -0.2) is 4.39 Å². The van der Waals surface area contributed by atoms with Crippen molar-refractivity contribution in [1.29, 1.82) is 0 Å². The highest BCUT2D eigenvalue weighted by atomic mass is 32.1. The second-order valence-corrected chi connectivity index (χ2v) is 5.45. The molecule has 0 radical (unpaired) electrons. The van der Waals surface area contributed by atoms with Crippen LogP contribution in [0.1, 0.15) is 16.2 Å². The third-order valence-electron chi connectivity index (χ3n) is 2.94. The minimum Gasteiger partial charge on any atom is -0.352 e. The number of hydrogen-bond donors (Lipinski definition) is 1. The van der Waals surface area contributed by atoms with Crippen LogP contribution in [0.15, 0.2) is 46.3 Å². The Morgan fingerprint density at radius 2 is 2.09 bits per heavy atom. The van der Waals surface area contributed by atoms with Crippen LogP contribution in [0.5, 0.6) is 0 Å². The SMILES string of the molecule is O=C(NCCc1nc(-c2cccs2)no1)c1ccc(F)cc1. The van der Waals surface area contributed by atoms with Gasteiger partial charge in [-0.2, -0.15) is 4.98 Å². The van der Waals surface area contributed by atoms with Crippen LogP contribution in [0.4, 0.5) is 4.39 Å². The zero-order valence-electron chi connectivity index (χ0n) is 11.5. The molecule has 0 aliphatic carbocycles. The minimum atomic E-state index is -0.372. The lowest BCUT2D eigenvalue weighted by atomic mass is 10.2. The van der Waals surface area contributed by atoms with Gasteiger partial charge in [-0.1, -0.05) is 11.2 Å². The Morgan fingerprint density at radius 1 is 1.27 bits per heavy atom. The van der Waals surface area contributed by atoms with E-state index >= 15 is 0 Å². The molecule has 0 spiro atoms. The number of nitrogens with one attached hydrogen (secondary N) is 1. The van der Waals surface area contributed by atoms with Gasteiger partial charge in [0.25, 0.3) is 5.91 Å². The lowest BCUT2D eigenvalue weighted by molar-refractivity contribution is 0.0953. The summed E-state index contributed by atoms with van der Waals surface area (Å²) in [6, 6.07) is 9.20. The number of hydrogen-bond acceptors (Lipinski definition) is 5. The highest BCUT2D eigenvalue weighted by Gasteiger charge is 2.10. The van der Waals surface area contributed by atoms with Gasteiger partial charge in [0.05, 0.1) is 4.88 Å². The maximum absolute atomic E-state index is 12.8. The Balaban J connectivity index is 1.53. The molecule has 0 atom stereocenters. The largest absolute Gasteiger partial charge is 0.352 e. The number of amides is 1. The lowest BCUT2D eigenvalue weighted by Crippen LogP contribution is -2.25. The Bertz CT molecular complexity index is 753. The molecule has 22 heavy (non-hydrogen) atoms. The van der Waals surface area contributed by atoms with E-state index in [0.29, 0.717) is 30.2 Å². The molecule has 0 unspecified atom stereocenters. The van der Waals surface area contributed by atoms with Gasteiger partial charge < -0.3 is 9.84 Å². The maximum Gasteiger partial charge on any atom is 0.251 e. The van der Waals surface area contributed by atoms with Gasteiger partial charge >= 0.3 is 0 Å². The third-order valence-corrected chi connectivity index (χ3v) is 3.81. The van der Waals surface area contributed by atoms with Gasteiger partial charge in [0.1, 0.15) is 5.82 Å². The summed E-state index contributed by atoms with van der Waals surface area (Å²) >= 11 is 1.53. The van der Waals surface area contributed by atoms with Crippen molar-refractivity contribution >= 4 is 17.2 Å². The topological polar surface area (TPSA) is 68.0 Å². The smallest absolute Gasteiger partial charge is 0.251 e. The Kier molecular flexibility index (Phi) is 4.24. The normalized spacial score (nSPS) is 10.6.